The molecule has 6 heteroatoms. The van der Waals surface area contributed by atoms with Gasteiger partial charge in [-0.2, -0.15) is 5.10 Å². The summed E-state index contributed by atoms with van der Waals surface area (Å²) in [5.74, 6) is 2.66. The number of rotatable bonds is 7. The van der Waals surface area contributed by atoms with Crippen LogP contribution in [0.2, 0.25) is 0 Å². The minimum absolute atomic E-state index is 0. The van der Waals surface area contributed by atoms with Crippen LogP contribution in [0.15, 0.2) is 17.3 Å². The molecular formula is C18H34IN5. The Morgan fingerprint density at radius 1 is 1.25 bits per heavy atom. The van der Waals surface area contributed by atoms with E-state index >= 15 is 0 Å². The standard InChI is InChI=1S/C18H33N5.HI/c1-4-5-6-15-7-9-16(10-8-15)13-20-18(19-2)21-14-17-11-12-22-23(17)3;/h11-12,15-16H,4-10,13-14H2,1-3H3,(H2,19,20,21);1H. The van der Waals surface area contributed by atoms with E-state index in [2.05, 4.69) is 27.6 Å². The van der Waals surface area contributed by atoms with Gasteiger partial charge in [0.15, 0.2) is 5.96 Å². The fourth-order valence-electron chi connectivity index (χ4n) is 3.43. The molecule has 0 spiro atoms. The van der Waals surface area contributed by atoms with Crippen molar-refractivity contribution in [3.63, 3.8) is 0 Å². The molecule has 1 heterocycles. The van der Waals surface area contributed by atoms with Gasteiger partial charge in [-0.3, -0.25) is 9.67 Å². The highest BCUT2D eigenvalue weighted by Crippen LogP contribution is 2.31. The van der Waals surface area contributed by atoms with Crippen LogP contribution in [-0.2, 0) is 13.6 Å². The van der Waals surface area contributed by atoms with Gasteiger partial charge in [-0.05, 0) is 30.7 Å². The Kier molecular flexibility index (Phi) is 10.4. The van der Waals surface area contributed by atoms with Gasteiger partial charge >= 0.3 is 0 Å². The molecule has 1 aromatic rings. The minimum Gasteiger partial charge on any atom is -0.356 e. The van der Waals surface area contributed by atoms with Crippen LogP contribution in [0.4, 0.5) is 0 Å². The third-order valence-corrected chi connectivity index (χ3v) is 5.07. The molecule has 0 bridgehead atoms. The Hall–Kier alpha value is -0.790. The van der Waals surface area contributed by atoms with Crippen molar-refractivity contribution in [1.82, 2.24) is 20.4 Å². The topological polar surface area (TPSA) is 54.2 Å². The molecule has 0 aliphatic heterocycles. The second-order valence-electron chi connectivity index (χ2n) is 6.78. The smallest absolute Gasteiger partial charge is 0.191 e. The number of nitrogens with zero attached hydrogens (tertiary/aromatic N) is 3. The highest BCUT2D eigenvalue weighted by molar-refractivity contribution is 14.0. The average molecular weight is 447 g/mol. The average Bonchev–Trinajstić information content (AvgIpc) is 2.99. The Bertz CT molecular complexity index is 478. The van der Waals surface area contributed by atoms with Crippen LogP contribution in [0.3, 0.4) is 0 Å². The van der Waals surface area contributed by atoms with E-state index < -0.39 is 0 Å². The van der Waals surface area contributed by atoms with Crippen LogP contribution < -0.4 is 10.6 Å². The van der Waals surface area contributed by atoms with Crippen LogP contribution in [0.1, 0.15) is 57.6 Å². The molecule has 0 aromatic carbocycles. The molecule has 0 amide bonds. The first-order valence-corrected chi connectivity index (χ1v) is 9.14. The molecule has 1 saturated carbocycles. The zero-order valence-electron chi connectivity index (χ0n) is 15.4. The first-order valence-electron chi connectivity index (χ1n) is 9.14. The van der Waals surface area contributed by atoms with E-state index in [1.165, 1.54) is 44.9 Å². The third kappa shape index (κ3) is 6.99. The number of unbranched alkanes of at least 4 members (excludes halogenated alkanes) is 1. The maximum absolute atomic E-state index is 4.32. The lowest BCUT2D eigenvalue weighted by molar-refractivity contribution is 0.259. The zero-order valence-corrected chi connectivity index (χ0v) is 17.8. The van der Waals surface area contributed by atoms with Gasteiger partial charge in [-0.1, -0.05) is 39.0 Å². The Balaban J connectivity index is 0.00000288. The quantitative estimate of drug-likeness (QED) is 0.381. The summed E-state index contributed by atoms with van der Waals surface area (Å²) in [6.07, 6.45) is 11.5. The van der Waals surface area contributed by atoms with Gasteiger partial charge in [0.05, 0.1) is 12.2 Å². The number of hydrogen-bond acceptors (Lipinski definition) is 2. The van der Waals surface area contributed by atoms with Gasteiger partial charge < -0.3 is 10.6 Å². The number of aliphatic imine (C=N–C) groups is 1. The van der Waals surface area contributed by atoms with E-state index in [1.807, 2.05) is 31.0 Å². The van der Waals surface area contributed by atoms with Crippen molar-refractivity contribution in [1.29, 1.82) is 0 Å². The number of halogens is 1. The number of nitrogens with one attached hydrogen (secondary N) is 2. The number of aromatic nitrogens is 2. The first kappa shape index (κ1) is 21.3. The van der Waals surface area contributed by atoms with Crippen molar-refractivity contribution in [3.8, 4) is 0 Å². The van der Waals surface area contributed by atoms with E-state index in [0.717, 1.165) is 36.6 Å². The summed E-state index contributed by atoms with van der Waals surface area (Å²) in [5.41, 5.74) is 1.16. The normalized spacial score (nSPS) is 21.2. The van der Waals surface area contributed by atoms with E-state index in [1.54, 1.807) is 0 Å². The van der Waals surface area contributed by atoms with E-state index in [9.17, 15) is 0 Å². The van der Waals surface area contributed by atoms with E-state index in [0.29, 0.717) is 0 Å². The molecule has 2 rings (SSSR count). The summed E-state index contributed by atoms with van der Waals surface area (Å²) in [4.78, 5) is 4.32. The van der Waals surface area contributed by atoms with Crippen LogP contribution in [-0.4, -0.2) is 29.3 Å². The van der Waals surface area contributed by atoms with Crippen molar-refractivity contribution >= 4 is 29.9 Å². The van der Waals surface area contributed by atoms with Gasteiger partial charge in [0, 0.05) is 26.8 Å². The van der Waals surface area contributed by atoms with Crippen molar-refractivity contribution in [2.75, 3.05) is 13.6 Å². The molecule has 1 fully saturated rings. The second-order valence-corrected chi connectivity index (χ2v) is 6.78. The summed E-state index contributed by atoms with van der Waals surface area (Å²) >= 11 is 0. The maximum Gasteiger partial charge on any atom is 0.191 e. The summed E-state index contributed by atoms with van der Waals surface area (Å²) in [6.45, 7) is 4.07. The highest BCUT2D eigenvalue weighted by atomic mass is 127. The lowest BCUT2D eigenvalue weighted by Gasteiger charge is -2.29. The minimum atomic E-state index is 0. The Morgan fingerprint density at radius 3 is 2.54 bits per heavy atom. The summed E-state index contributed by atoms with van der Waals surface area (Å²) in [7, 11) is 3.80. The molecule has 1 aromatic heterocycles. The van der Waals surface area contributed by atoms with Gasteiger partial charge in [-0.25, -0.2) is 0 Å². The SMILES string of the molecule is CCCCC1CCC(CNC(=NC)NCc2ccnn2C)CC1.I. The molecule has 24 heavy (non-hydrogen) atoms. The van der Waals surface area contributed by atoms with Crippen molar-refractivity contribution in [2.45, 2.75) is 58.4 Å². The molecular weight excluding hydrogens is 413 g/mol. The lowest BCUT2D eigenvalue weighted by Crippen LogP contribution is -2.40. The molecule has 138 valence electrons. The monoisotopic (exact) mass is 447 g/mol. The van der Waals surface area contributed by atoms with Crippen molar-refractivity contribution < 1.29 is 0 Å². The summed E-state index contributed by atoms with van der Waals surface area (Å²) in [6, 6.07) is 2.03. The Labute approximate surface area is 164 Å². The molecule has 0 unspecified atom stereocenters. The number of hydrogen-bond donors (Lipinski definition) is 2. The molecule has 5 nitrogen and oxygen atoms in total. The first-order chi connectivity index (χ1) is 11.2. The fraction of sp³-hybridized carbons (Fsp3) is 0.778. The number of guanidine groups is 1. The van der Waals surface area contributed by atoms with Crippen molar-refractivity contribution in [3.05, 3.63) is 18.0 Å². The van der Waals surface area contributed by atoms with Crippen LogP contribution in [0.25, 0.3) is 0 Å². The third-order valence-electron chi connectivity index (χ3n) is 5.07. The predicted octanol–water partition coefficient (Wildman–Crippen LogP) is 3.70. The van der Waals surface area contributed by atoms with E-state index in [4.69, 9.17) is 0 Å². The molecule has 0 atom stereocenters. The van der Waals surface area contributed by atoms with Gasteiger partial charge in [-0.15, -0.1) is 24.0 Å². The molecule has 2 N–H and O–H groups in total. The lowest BCUT2D eigenvalue weighted by atomic mass is 9.80. The number of aryl methyl sites for hydroxylation is 1. The van der Waals surface area contributed by atoms with Crippen LogP contribution >= 0.6 is 24.0 Å². The van der Waals surface area contributed by atoms with Crippen LogP contribution in [0, 0.1) is 11.8 Å². The Morgan fingerprint density at radius 2 is 1.96 bits per heavy atom. The van der Waals surface area contributed by atoms with Crippen molar-refractivity contribution in [2.24, 2.45) is 23.9 Å². The summed E-state index contributed by atoms with van der Waals surface area (Å²) in [5, 5.41) is 11.0. The van der Waals surface area contributed by atoms with Gasteiger partial charge in [0.25, 0.3) is 0 Å². The largest absolute Gasteiger partial charge is 0.356 e. The zero-order chi connectivity index (χ0) is 16.5. The molecule has 1 aliphatic rings. The molecule has 1 aliphatic carbocycles. The highest BCUT2D eigenvalue weighted by Gasteiger charge is 2.20. The van der Waals surface area contributed by atoms with E-state index in [-0.39, 0.29) is 24.0 Å². The maximum atomic E-state index is 4.32. The van der Waals surface area contributed by atoms with Gasteiger partial charge in [0.2, 0.25) is 0 Å². The van der Waals surface area contributed by atoms with Gasteiger partial charge in [0.1, 0.15) is 0 Å². The second kappa shape index (κ2) is 11.7. The molecule has 0 saturated heterocycles. The predicted molar refractivity (Wildman–Crippen MR) is 112 cm³/mol. The summed E-state index contributed by atoms with van der Waals surface area (Å²) < 4.78 is 1.89. The van der Waals surface area contributed by atoms with Crippen LogP contribution in [0.5, 0.6) is 0 Å². The fourth-order valence-corrected chi connectivity index (χ4v) is 3.43. The molecule has 0 radical (unpaired) electrons.